The summed E-state index contributed by atoms with van der Waals surface area (Å²) < 4.78 is 2.12. The van der Waals surface area contributed by atoms with Gasteiger partial charge in [-0.1, -0.05) is 29.8 Å². The van der Waals surface area contributed by atoms with Gasteiger partial charge in [0.2, 0.25) is 5.91 Å². The first-order valence-electron chi connectivity index (χ1n) is 8.85. The molecule has 1 saturated heterocycles. The van der Waals surface area contributed by atoms with Crippen molar-refractivity contribution >= 4 is 5.91 Å². The van der Waals surface area contributed by atoms with E-state index in [-0.39, 0.29) is 5.91 Å². The number of aromatic nitrogens is 2. The standard InChI is InChI=1S/C20H27N3O/c1-15-5-4-6-19(11-15)13-20(24)22-9-7-18(8-10-22)14-23-17(3)12-16(2)21-23/h4-6,11-12,18H,7-10,13-14H2,1-3H3. The van der Waals surface area contributed by atoms with E-state index >= 15 is 0 Å². The number of hydrogen-bond acceptors (Lipinski definition) is 2. The molecule has 0 saturated carbocycles. The van der Waals surface area contributed by atoms with Crippen molar-refractivity contribution in [2.45, 2.75) is 46.6 Å². The highest BCUT2D eigenvalue weighted by molar-refractivity contribution is 5.78. The van der Waals surface area contributed by atoms with Crippen LogP contribution >= 0.6 is 0 Å². The molecule has 0 atom stereocenters. The minimum atomic E-state index is 0.255. The molecule has 1 amide bonds. The molecule has 24 heavy (non-hydrogen) atoms. The third-order valence-electron chi connectivity index (χ3n) is 4.94. The highest BCUT2D eigenvalue weighted by Crippen LogP contribution is 2.21. The van der Waals surface area contributed by atoms with Crippen LogP contribution in [-0.4, -0.2) is 33.7 Å². The third-order valence-corrected chi connectivity index (χ3v) is 4.94. The van der Waals surface area contributed by atoms with Crippen LogP contribution in [0.4, 0.5) is 0 Å². The quantitative estimate of drug-likeness (QED) is 0.865. The second kappa shape index (κ2) is 7.20. The first kappa shape index (κ1) is 16.7. The normalized spacial score (nSPS) is 15.7. The summed E-state index contributed by atoms with van der Waals surface area (Å²) in [6, 6.07) is 10.4. The van der Waals surface area contributed by atoms with E-state index < -0.39 is 0 Å². The van der Waals surface area contributed by atoms with Gasteiger partial charge in [0.1, 0.15) is 0 Å². The number of aryl methyl sites for hydroxylation is 3. The maximum absolute atomic E-state index is 12.5. The van der Waals surface area contributed by atoms with E-state index in [0.717, 1.165) is 43.7 Å². The fraction of sp³-hybridized carbons (Fsp3) is 0.500. The minimum Gasteiger partial charge on any atom is -0.342 e. The summed E-state index contributed by atoms with van der Waals surface area (Å²) in [5, 5.41) is 4.56. The Morgan fingerprint density at radius 1 is 1.17 bits per heavy atom. The van der Waals surface area contributed by atoms with Gasteiger partial charge in [-0.15, -0.1) is 0 Å². The van der Waals surface area contributed by atoms with Crippen LogP contribution in [0.1, 0.15) is 35.4 Å². The number of piperidine rings is 1. The smallest absolute Gasteiger partial charge is 0.226 e. The zero-order valence-electron chi connectivity index (χ0n) is 15.0. The van der Waals surface area contributed by atoms with Gasteiger partial charge in [-0.25, -0.2) is 0 Å². The molecule has 1 aromatic heterocycles. The van der Waals surface area contributed by atoms with Crippen molar-refractivity contribution in [3.05, 3.63) is 52.8 Å². The van der Waals surface area contributed by atoms with E-state index in [1.54, 1.807) is 0 Å². The van der Waals surface area contributed by atoms with E-state index in [1.165, 1.54) is 11.3 Å². The Hall–Kier alpha value is -2.10. The lowest BCUT2D eigenvalue weighted by Gasteiger charge is -2.32. The van der Waals surface area contributed by atoms with Gasteiger partial charge in [-0.3, -0.25) is 9.48 Å². The van der Waals surface area contributed by atoms with Gasteiger partial charge in [0, 0.05) is 25.3 Å². The molecule has 0 N–H and O–H groups in total. The van der Waals surface area contributed by atoms with Crippen molar-refractivity contribution in [3.63, 3.8) is 0 Å². The van der Waals surface area contributed by atoms with Gasteiger partial charge in [-0.2, -0.15) is 5.10 Å². The Kier molecular flexibility index (Phi) is 5.03. The molecule has 128 valence electrons. The summed E-state index contributed by atoms with van der Waals surface area (Å²) >= 11 is 0. The number of rotatable bonds is 4. The average Bonchev–Trinajstić information content (AvgIpc) is 2.85. The van der Waals surface area contributed by atoms with Crippen LogP contribution in [0.2, 0.25) is 0 Å². The van der Waals surface area contributed by atoms with Gasteiger partial charge in [0.15, 0.2) is 0 Å². The number of likely N-dealkylation sites (tertiary alicyclic amines) is 1. The fourth-order valence-electron chi connectivity index (χ4n) is 3.58. The molecule has 2 aromatic rings. The lowest BCUT2D eigenvalue weighted by atomic mass is 9.96. The second-order valence-corrected chi connectivity index (χ2v) is 7.10. The lowest BCUT2D eigenvalue weighted by molar-refractivity contribution is -0.131. The van der Waals surface area contributed by atoms with Crippen LogP contribution < -0.4 is 0 Å². The van der Waals surface area contributed by atoms with Crippen LogP contribution in [0, 0.1) is 26.7 Å². The molecule has 1 fully saturated rings. The molecule has 0 unspecified atom stereocenters. The molecule has 0 bridgehead atoms. The predicted molar refractivity (Wildman–Crippen MR) is 95.9 cm³/mol. The molecule has 3 rings (SSSR count). The van der Waals surface area contributed by atoms with Gasteiger partial charge >= 0.3 is 0 Å². The number of benzene rings is 1. The maximum atomic E-state index is 12.5. The predicted octanol–water partition coefficient (Wildman–Crippen LogP) is 3.29. The Morgan fingerprint density at radius 2 is 1.92 bits per heavy atom. The molecule has 1 aliphatic rings. The molecular formula is C20H27N3O. The van der Waals surface area contributed by atoms with Crippen LogP contribution in [0.25, 0.3) is 0 Å². The molecule has 1 aromatic carbocycles. The Bertz CT molecular complexity index is 711. The summed E-state index contributed by atoms with van der Waals surface area (Å²) in [6.07, 6.45) is 2.65. The molecule has 1 aliphatic heterocycles. The zero-order chi connectivity index (χ0) is 17.1. The summed E-state index contributed by atoms with van der Waals surface area (Å²) in [4.78, 5) is 14.5. The van der Waals surface area contributed by atoms with Crippen LogP contribution in [0.15, 0.2) is 30.3 Å². The number of carbonyl (C=O) groups is 1. The van der Waals surface area contributed by atoms with Crippen molar-refractivity contribution in [3.8, 4) is 0 Å². The average molecular weight is 325 g/mol. The molecule has 4 nitrogen and oxygen atoms in total. The number of hydrogen-bond donors (Lipinski definition) is 0. The monoisotopic (exact) mass is 325 g/mol. The molecule has 2 heterocycles. The molecule has 0 aliphatic carbocycles. The van der Waals surface area contributed by atoms with Crippen molar-refractivity contribution in [1.29, 1.82) is 0 Å². The first-order valence-corrected chi connectivity index (χ1v) is 8.85. The van der Waals surface area contributed by atoms with Gasteiger partial charge in [0.25, 0.3) is 0 Å². The van der Waals surface area contributed by atoms with Crippen LogP contribution in [0.5, 0.6) is 0 Å². The first-order chi connectivity index (χ1) is 11.5. The molecule has 4 heteroatoms. The van der Waals surface area contributed by atoms with Crippen molar-refractivity contribution < 1.29 is 4.79 Å². The minimum absolute atomic E-state index is 0.255. The van der Waals surface area contributed by atoms with Crippen molar-refractivity contribution in [1.82, 2.24) is 14.7 Å². The zero-order valence-corrected chi connectivity index (χ0v) is 15.0. The van der Waals surface area contributed by atoms with E-state index in [0.29, 0.717) is 12.3 Å². The third kappa shape index (κ3) is 4.05. The Morgan fingerprint density at radius 3 is 2.54 bits per heavy atom. The number of amides is 1. The number of nitrogens with zero attached hydrogens (tertiary/aromatic N) is 3. The van der Waals surface area contributed by atoms with Crippen molar-refractivity contribution in [2.75, 3.05) is 13.1 Å². The summed E-state index contributed by atoms with van der Waals surface area (Å²) in [5.74, 6) is 0.871. The fourth-order valence-corrected chi connectivity index (χ4v) is 3.58. The van der Waals surface area contributed by atoms with Crippen molar-refractivity contribution in [2.24, 2.45) is 5.92 Å². The topological polar surface area (TPSA) is 38.1 Å². The summed E-state index contributed by atoms with van der Waals surface area (Å²) in [5.41, 5.74) is 4.64. The van der Waals surface area contributed by atoms with Gasteiger partial charge in [-0.05, 0) is 51.2 Å². The van der Waals surface area contributed by atoms with E-state index in [4.69, 9.17) is 0 Å². The lowest BCUT2D eigenvalue weighted by Crippen LogP contribution is -2.40. The van der Waals surface area contributed by atoms with Gasteiger partial charge < -0.3 is 4.90 Å². The van der Waals surface area contributed by atoms with Crippen LogP contribution in [-0.2, 0) is 17.8 Å². The Labute approximate surface area is 144 Å². The highest BCUT2D eigenvalue weighted by Gasteiger charge is 2.23. The SMILES string of the molecule is Cc1cccc(CC(=O)N2CCC(Cn3nc(C)cc3C)CC2)c1. The summed E-state index contributed by atoms with van der Waals surface area (Å²) in [7, 11) is 0. The summed E-state index contributed by atoms with van der Waals surface area (Å²) in [6.45, 7) is 8.93. The number of carbonyl (C=O) groups excluding carboxylic acids is 1. The van der Waals surface area contributed by atoms with E-state index in [9.17, 15) is 4.79 Å². The Balaban J connectivity index is 1.51. The van der Waals surface area contributed by atoms with Gasteiger partial charge in [0.05, 0.1) is 12.1 Å². The van der Waals surface area contributed by atoms with E-state index in [1.807, 2.05) is 24.0 Å². The molecule has 0 spiro atoms. The largest absolute Gasteiger partial charge is 0.342 e. The van der Waals surface area contributed by atoms with E-state index in [2.05, 4.69) is 41.8 Å². The molecule has 0 radical (unpaired) electrons. The second-order valence-electron chi connectivity index (χ2n) is 7.10. The highest BCUT2D eigenvalue weighted by atomic mass is 16.2. The van der Waals surface area contributed by atoms with Crippen LogP contribution in [0.3, 0.4) is 0 Å². The molecular weight excluding hydrogens is 298 g/mol. The maximum Gasteiger partial charge on any atom is 0.226 e.